The van der Waals surface area contributed by atoms with Gasteiger partial charge < -0.3 is 15.0 Å². The zero-order valence-corrected chi connectivity index (χ0v) is 24.1. The highest BCUT2D eigenvalue weighted by Gasteiger charge is 2.31. The van der Waals surface area contributed by atoms with Gasteiger partial charge in [0, 0.05) is 24.0 Å². The highest BCUT2D eigenvalue weighted by atomic mass is 79.9. The smallest absolute Gasteiger partial charge is 0.261 e. The summed E-state index contributed by atoms with van der Waals surface area (Å²) in [6.45, 7) is 8.00. The number of hydrogen-bond donors (Lipinski definition) is 1. The zero-order valence-electron chi connectivity index (χ0n) is 21.7. The van der Waals surface area contributed by atoms with Crippen LogP contribution in [0.1, 0.15) is 50.3 Å². The molecule has 0 aromatic heterocycles. The maximum absolute atomic E-state index is 13.7. The van der Waals surface area contributed by atoms with Crippen molar-refractivity contribution in [3.05, 3.63) is 99.0 Å². The fourth-order valence-corrected chi connectivity index (χ4v) is 4.67. The molecule has 0 spiro atoms. The Morgan fingerprint density at radius 1 is 0.973 bits per heavy atom. The predicted molar refractivity (Wildman–Crippen MR) is 153 cm³/mol. The molecular weight excluding hydrogens is 552 g/mol. The lowest BCUT2D eigenvalue weighted by atomic mass is 10.0. The van der Waals surface area contributed by atoms with Gasteiger partial charge in [-0.15, -0.1) is 0 Å². The summed E-state index contributed by atoms with van der Waals surface area (Å²) in [5.74, 6) is 0.416. The largest absolute Gasteiger partial charge is 0.483 e. The number of benzene rings is 3. The Labute approximate surface area is 233 Å². The van der Waals surface area contributed by atoms with Crippen molar-refractivity contribution in [3.8, 4) is 5.75 Å². The molecule has 5 nitrogen and oxygen atoms in total. The van der Waals surface area contributed by atoms with Gasteiger partial charge in [-0.1, -0.05) is 80.0 Å². The maximum Gasteiger partial charge on any atom is 0.261 e. The average molecular weight is 586 g/mol. The molecule has 0 bridgehead atoms. The Kier molecular flexibility index (Phi) is 10.6. The zero-order chi connectivity index (χ0) is 26.9. The normalized spacial score (nSPS) is 11.9. The highest BCUT2D eigenvalue weighted by Crippen LogP contribution is 2.29. The molecular formula is C30H34BrClN2O3. The van der Waals surface area contributed by atoms with Crippen molar-refractivity contribution in [2.45, 2.75) is 58.7 Å². The molecule has 196 valence electrons. The molecule has 0 saturated heterocycles. The van der Waals surface area contributed by atoms with E-state index in [1.54, 1.807) is 11.0 Å². The SMILES string of the molecule is CC(C)NC(=O)[C@H](Cc1ccccc1)N(Cc1ccccc1Cl)C(=O)COc1ccc(C(C)C)cc1Br. The lowest BCUT2D eigenvalue weighted by Gasteiger charge is -2.32. The van der Waals surface area contributed by atoms with Crippen molar-refractivity contribution in [1.29, 1.82) is 0 Å². The summed E-state index contributed by atoms with van der Waals surface area (Å²) in [7, 11) is 0. The summed E-state index contributed by atoms with van der Waals surface area (Å²) in [4.78, 5) is 28.7. The first-order valence-corrected chi connectivity index (χ1v) is 13.6. The van der Waals surface area contributed by atoms with E-state index in [-0.39, 0.29) is 31.0 Å². The van der Waals surface area contributed by atoms with E-state index < -0.39 is 6.04 Å². The van der Waals surface area contributed by atoms with Crippen LogP contribution in [0.4, 0.5) is 0 Å². The molecule has 0 unspecified atom stereocenters. The Hall–Kier alpha value is -2.83. The van der Waals surface area contributed by atoms with E-state index in [1.165, 1.54) is 5.56 Å². The molecule has 1 atom stereocenters. The summed E-state index contributed by atoms with van der Waals surface area (Å²) in [6, 6.07) is 22.1. The second-order valence-corrected chi connectivity index (χ2v) is 10.9. The van der Waals surface area contributed by atoms with Crippen LogP contribution in [-0.4, -0.2) is 35.4 Å². The van der Waals surface area contributed by atoms with Crippen LogP contribution in [-0.2, 0) is 22.6 Å². The molecule has 0 radical (unpaired) electrons. The van der Waals surface area contributed by atoms with Gasteiger partial charge in [0.1, 0.15) is 11.8 Å². The van der Waals surface area contributed by atoms with E-state index in [4.69, 9.17) is 16.3 Å². The maximum atomic E-state index is 13.7. The van der Waals surface area contributed by atoms with Gasteiger partial charge in [-0.2, -0.15) is 0 Å². The number of carbonyl (C=O) groups excluding carboxylic acids is 2. The number of nitrogens with one attached hydrogen (secondary N) is 1. The molecule has 0 fully saturated rings. The number of amides is 2. The second-order valence-electron chi connectivity index (χ2n) is 9.62. The van der Waals surface area contributed by atoms with E-state index in [0.29, 0.717) is 23.1 Å². The van der Waals surface area contributed by atoms with E-state index in [1.807, 2.05) is 80.6 Å². The molecule has 2 amide bonds. The molecule has 3 aromatic carbocycles. The van der Waals surface area contributed by atoms with E-state index in [0.717, 1.165) is 15.6 Å². The van der Waals surface area contributed by atoms with Crippen LogP contribution in [0.15, 0.2) is 77.3 Å². The monoisotopic (exact) mass is 584 g/mol. The van der Waals surface area contributed by atoms with Gasteiger partial charge in [-0.3, -0.25) is 9.59 Å². The van der Waals surface area contributed by atoms with Gasteiger partial charge in [-0.25, -0.2) is 0 Å². The second kappa shape index (κ2) is 13.6. The third-order valence-corrected chi connectivity index (χ3v) is 6.96. The predicted octanol–water partition coefficient (Wildman–Crippen LogP) is 6.77. The number of carbonyl (C=O) groups is 2. The van der Waals surface area contributed by atoms with Crippen molar-refractivity contribution in [2.24, 2.45) is 0 Å². The van der Waals surface area contributed by atoms with Gasteiger partial charge in [0.25, 0.3) is 5.91 Å². The summed E-state index contributed by atoms with van der Waals surface area (Å²) in [5.41, 5.74) is 2.88. The topological polar surface area (TPSA) is 58.6 Å². The Morgan fingerprint density at radius 2 is 1.65 bits per heavy atom. The van der Waals surface area contributed by atoms with Crippen LogP contribution < -0.4 is 10.1 Å². The van der Waals surface area contributed by atoms with Crippen molar-refractivity contribution in [2.75, 3.05) is 6.61 Å². The van der Waals surface area contributed by atoms with Crippen molar-refractivity contribution < 1.29 is 14.3 Å². The third-order valence-electron chi connectivity index (χ3n) is 5.97. The van der Waals surface area contributed by atoms with Gasteiger partial charge in [-0.05, 0) is 70.6 Å². The third kappa shape index (κ3) is 8.34. The summed E-state index contributed by atoms with van der Waals surface area (Å²) in [5, 5.41) is 3.52. The minimum absolute atomic E-state index is 0.0743. The van der Waals surface area contributed by atoms with Crippen LogP contribution in [0.3, 0.4) is 0 Å². The van der Waals surface area contributed by atoms with E-state index >= 15 is 0 Å². The Balaban J connectivity index is 1.91. The van der Waals surface area contributed by atoms with Crippen LogP contribution in [0.5, 0.6) is 5.75 Å². The first-order valence-electron chi connectivity index (χ1n) is 12.4. The van der Waals surface area contributed by atoms with Gasteiger partial charge in [0.05, 0.1) is 4.47 Å². The highest BCUT2D eigenvalue weighted by molar-refractivity contribution is 9.10. The molecule has 0 heterocycles. The number of ether oxygens (including phenoxy) is 1. The van der Waals surface area contributed by atoms with Crippen LogP contribution in [0, 0.1) is 0 Å². The van der Waals surface area contributed by atoms with Gasteiger partial charge in [0.15, 0.2) is 6.61 Å². The summed E-state index contributed by atoms with van der Waals surface area (Å²) < 4.78 is 6.72. The minimum atomic E-state index is -0.746. The Bertz CT molecular complexity index is 1200. The number of hydrogen-bond acceptors (Lipinski definition) is 3. The molecule has 7 heteroatoms. The molecule has 0 aliphatic heterocycles. The first-order chi connectivity index (χ1) is 17.7. The fourth-order valence-electron chi connectivity index (χ4n) is 3.96. The molecule has 0 saturated carbocycles. The molecule has 0 aliphatic carbocycles. The quantitative estimate of drug-likeness (QED) is 0.270. The first kappa shape index (κ1) is 28.7. The molecule has 37 heavy (non-hydrogen) atoms. The fraction of sp³-hybridized carbons (Fsp3) is 0.333. The lowest BCUT2D eigenvalue weighted by Crippen LogP contribution is -2.52. The molecule has 3 rings (SSSR count). The lowest BCUT2D eigenvalue weighted by molar-refractivity contribution is -0.143. The molecule has 1 N–H and O–H groups in total. The van der Waals surface area contributed by atoms with Gasteiger partial charge >= 0.3 is 0 Å². The van der Waals surface area contributed by atoms with Gasteiger partial charge in [0.2, 0.25) is 5.91 Å². The van der Waals surface area contributed by atoms with E-state index in [2.05, 4.69) is 35.1 Å². The van der Waals surface area contributed by atoms with Crippen LogP contribution in [0.2, 0.25) is 5.02 Å². The summed E-state index contributed by atoms with van der Waals surface area (Å²) >= 11 is 10.0. The standard InChI is InChI=1S/C30H34BrClN2O3/c1-20(2)23-14-15-28(25(31)17-23)37-19-29(35)34(18-24-12-8-9-13-26(24)32)27(30(36)33-21(3)4)16-22-10-6-5-7-11-22/h5-15,17,20-21,27H,16,18-19H2,1-4H3,(H,33,36)/t27-/m0/s1. The van der Waals surface area contributed by atoms with Crippen molar-refractivity contribution in [1.82, 2.24) is 10.2 Å². The minimum Gasteiger partial charge on any atom is -0.483 e. The van der Waals surface area contributed by atoms with Crippen molar-refractivity contribution in [3.63, 3.8) is 0 Å². The number of halogens is 2. The van der Waals surface area contributed by atoms with Crippen LogP contribution >= 0.6 is 27.5 Å². The molecule has 0 aliphatic rings. The van der Waals surface area contributed by atoms with E-state index in [9.17, 15) is 9.59 Å². The summed E-state index contributed by atoms with van der Waals surface area (Å²) in [6.07, 6.45) is 0.363. The van der Waals surface area contributed by atoms with Crippen LogP contribution in [0.25, 0.3) is 0 Å². The number of rotatable bonds is 11. The van der Waals surface area contributed by atoms with Crippen molar-refractivity contribution >= 4 is 39.3 Å². The Morgan fingerprint density at radius 3 is 2.27 bits per heavy atom. The molecule has 3 aromatic rings. The average Bonchev–Trinajstić information content (AvgIpc) is 2.86. The number of nitrogens with zero attached hydrogens (tertiary/aromatic N) is 1.